The second kappa shape index (κ2) is 8.28. The Hall–Kier alpha value is -1.64. The van der Waals surface area contributed by atoms with E-state index in [1.54, 1.807) is 0 Å². The van der Waals surface area contributed by atoms with Gasteiger partial charge in [0, 0.05) is 19.4 Å². The summed E-state index contributed by atoms with van der Waals surface area (Å²) in [5.41, 5.74) is 3.74. The van der Waals surface area contributed by atoms with Crippen molar-refractivity contribution in [1.29, 1.82) is 0 Å². The Morgan fingerprint density at radius 3 is 2.48 bits per heavy atom. The van der Waals surface area contributed by atoms with Crippen molar-refractivity contribution in [2.45, 2.75) is 20.8 Å². The highest BCUT2D eigenvalue weighted by atomic mass is 79.9. The molecular weight excluding hydrogens is 364 g/mol. The van der Waals surface area contributed by atoms with Gasteiger partial charge < -0.3 is 0 Å². The van der Waals surface area contributed by atoms with E-state index in [1.807, 2.05) is 38.2 Å². The van der Waals surface area contributed by atoms with E-state index in [4.69, 9.17) is 0 Å². The number of fused-ring (bicyclic) bond motifs is 1. The van der Waals surface area contributed by atoms with Crippen molar-refractivity contribution in [3.8, 4) is 11.1 Å². The van der Waals surface area contributed by atoms with Gasteiger partial charge in [-0.05, 0) is 41.8 Å². The van der Waals surface area contributed by atoms with Gasteiger partial charge in [-0.2, -0.15) is 0 Å². The molecule has 23 heavy (non-hydrogen) atoms. The molecule has 1 aromatic heterocycles. The first-order valence-electron chi connectivity index (χ1n) is 7.81. The van der Waals surface area contributed by atoms with Crippen LogP contribution in [0.3, 0.4) is 0 Å². The van der Waals surface area contributed by atoms with E-state index < -0.39 is 0 Å². The molecule has 2 heteroatoms. The molecule has 0 aliphatic heterocycles. The summed E-state index contributed by atoms with van der Waals surface area (Å²) in [5, 5.41) is 1.28. The van der Waals surface area contributed by atoms with E-state index in [0.29, 0.717) is 0 Å². The molecule has 118 valence electrons. The molecule has 0 amide bonds. The average molecular weight is 385 g/mol. The molecule has 0 aliphatic rings. The topological polar surface area (TPSA) is 0 Å². The summed E-state index contributed by atoms with van der Waals surface area (Å²) in [6.45, 7) is 10.0. The van der Waals surface area contributed by atoms with Gasteiger partial charge in [0.15, 0.2) is 0 Å². The predicted octanol–water partition coefficient (Wildman–Crippen LogP) is 8.03. The molecule has 0 aliphatic carbocycles. The van der Waals surface area contributed by atoms with Crippen LogP contribution in [0.25, 0.3) is 33.4 Å². The lowest BCUT2D eigenvalue weighted by atomic mass is 10.0. The maximum atomic E-state index is 3.98. The van der Waals surface area contributed by atoms with Crippen LogP contribution in [0.1, 0.15) is 31.2 Å². The molecule has 1 heterocycles. The lowest BCUT2D eigenvalue weighted by Crippen LogP contribution is -1.78. The third kappa shape index (κ3) is 3.65. The quantitative estimate of drug-likeness (QED) is 0.428. The number of hydrogen-bond acceptors (Lipinski definition) is 1. The van der Waals surface area contributed by atoms with Gasteiger partial charge in [0.2, 0.25) is 0 Å². The Labute approximate surface area is 151 Å². The van der Waals surface area contributed by atoms with Crippen LogP contribution >= 0.6 is 27.3 Å². The summed E-state index contributed by atoms with van der Waals surface area (Å²) >= 11 is 5.38. The zero-order chi connectivity index (χ0) is 16.8. The van der Waals surface area contributed by atoms with Gasteiger partial charge in [0.05, 0.1) is 0 Å². The van der Waals surface area contributed by atoms with Crippen LogP contribution in [0.15, 0.2) is 59.6 Å². The van der Waals surface area contributed by atoms with Crippen molar-refractivity contribution < 1.29 is 0 Å². The first kappa shape index (κ1) is 17.7. The molecule has 0 radical (unpaired) electrons. The summed E-state index contributed by atoms with van der Waals surface area (Å²) in [7, 11) is 0. The Bertz CT molecular complexity index is 840. The van der Waals surface area contributed by atoms with Crippen LogP contribution in [0.5, 0.6) is 0 Å². The number of allylic oxidation sites excluding steroid dienone is 1. The SMILES string of the molecule is C=Cc1c(/C=C\C)sc2c(-c3cccc(Br)c3)cccc12.CC. The van der Waals surface area contributed by atoms with Crippen molar-refractivity contribution in [3.63, 3.8) is 0 Å². The molecule has 0 N–H and O–H groups in total. The van der Waals surface area contributed by atoms with E-state index >= 15 is 0 Å². The number of benzene rings is 2. The highest BCUT2D eigenvalue weighted by molar-refractivity contribution is 9.10. The maximum absolute atomic E-state index is 3.98. The molecule has 0 spiro atoms. The molecule has 0 fully saturated rings. The van der Waals surface area contributed by atoms with Crippen LogP contribution in [0.4, 0.5) is 0 Å². The molecule has 0 bridgehead atoms. The van der Waals surface area contributed by atoms with Gasteiger partial charge in [0.25, 0.3) is 0 Å². The smallest absolute Gasteiger partial charge is 0.0433 e. The first-order valence-corrected chi connectivity index (χ1v) is 9.42. The second-order valence-corrected chi connectivity index (χ2v) is 6.74. The van der Waals surface area contributed by atoms with E-state index in [9.17, 15) is 0 Å². The minimum absolute atomic E-state index is 1.10. The summed E-state index contributed by atoms with van der Waals surface area (Å²) in [5.74, 6) is 0. The van der Waals surface area contributed by atoms with Crippen LogP contribution in [-0.4, -0.2) is 0 Å². The molecule has 0 atom stereocenters. The lowest BCUT2D eigenvalue weighted by Gasteiger charge is -2.04. The molecule has 0 saturated carbocycles. The van der Waals surface area contributed by atoms with Crippen LogP contribution < -0.4 is 0 Å². The Morgan fingerprint density at radius 1 is 1.09 bits per heavy atom. The fourth-order valence-electron chi connectivity index (χ4n) is 2.53. The zero-order valence-electron chi connectivity index (χ0n) is 13.8. The maximum Gasteiger partial charge on any atom is 0.0433 e. The van der Waals surface area contributed by atoms with Gasteiger partial charge >= 0.3 is 0 Å². The minimum atomic E-state index is 1.10. The Balaban J connectivity index is 0.000000924. The van der Waals surface area contributed by atoms with E-state index in [2.05, 4.69) is 77.1 Å². The van der Waals surface area contributed by atoms with E-state index in [-0.39, 0.29) is 0 Å². The summed E-state index contributed by atoms with van der Waals surface area (Å²) < 4.78 is 2.42. The molecule has 3 aromatic rings. The Morgan fingerprint density at radius 2 is 1.83 bits per heavy atom. The largest absolute Gasteiger partial charge is 0.135 e. The zero-order valence-corrected chi connectivity index (χ0v) is 16.2. The first-order chi connectivity index (χ1) is 11.2. The van der Waals surface area contributed by atoms with Gasteiger partial charge in [-0.1, -0.05) is 78.8 Å². The molecule has 0 nitrogen and oxygen atoms in total. The Kier molecular flexibility index (Phi) is 6.37. The van der Waals surface area contributed by atoms with Gasteiger partial charge in [-0.15, -0.1) is 11.3 Å². The number of hydrogen-bond donors (Lipinski definition) is 0. The van der Waals surface area contributed by atoms with Crippen LogP contribution in [-0.2, 0) is 0 Å². The molecule has 0 unspecified atom stereocenters. The monoisotopic (exact) mass is 384 g/mol. The van der Waals surface area contributed by atoms with Gasteiger partial charge in [-0.25, -0.2) is 0 Å². The molecule has 2 aromatic carbocycles. The van der Waals surface area contributed by atoms with Crippen LogP contribution in [0.2, 0.25) is 0 Å². The normalized spacial score (nSPS) is 10.6. The number of halogens is 1. The van der Waals surface area contributed by atoms with Crippen molar-refractivity contribution >= 4 is 49.5 Å². The summed E-state index contributed by atoms with van der Waals surface area (Å²) in [6, 6.07) is 14.9. The second-order valence-electron chi connectivity index (χ2n) is 4.78. The van der Waals surface area contributed by atoms with Crippen molar-refractivity contribution in [2.24, 2.45) is 0 Å². The predicted molar refractivity (Wildman–Crippen MR) is 111 cm³/mol. The highest BCUT2D eigenvalue weighted by Gasteiger charge is 2.12. The van der Waals surface area contributed by atoms with Crippen molar-refractivity contribution in [3.05, 3.63) is 70.0 Å². The molecule has 0 saturated heterocycles. The van der Waals surface area contributed by atoms with Crippen LogP contribution in [0, 0.1) is 0 Å². The highest BCUT2D eigenvalue weighted by Crippen LogP contribution is 2.39. The summed E-state index contributed by atoms with van der Waals surface area (Å²) in [4.78, 5) is 1.27. The number of thiophene rings is 1. The van der Waals surface area contributed by atoms with Gasteiger partial charge in [0.1, 0.15) is 0 Å². The fraction of sp³-hybridized carbons (Fsp3) is 0.143. The van der Waals surface area contributed by atoms with E-state index in [1.165, 1.54) is 31.7 Å². The minimum Gasteiger partial charge on any atom is -0.135 e. The van der Waals surface area contributed by atoms with Gasteiger partial charge in [-0.3, -0.25) is 0 Å². The third-order valence-electron chi connectivity index (χ3n) is 3.44. The average Bonchev–Trinajstić information content (AvgIpc) is 2.94. The van der Waals surface area contributed by atoms with Crippen molar-refractivity contribution in [2.75, 3.05) is 0 Å². The molecular formula is C21H21BrS. The number of rotatable bonds is 3. The summed E-state index contributed by atoms with van der Waals surface area (Å²) in [6.07, 6.45) is 6.20. The standard InChI is InChI=1S/C19H15BrS.C2H6/c1-3-7-18-15(4-2)17-11-6-10-16(19(17)21-18)13-8-5-9-14(20)12-13;1-2/h3-12H,2H2,1H3;1-2H3/b7-3-;. The van der Waals surface area contributed by atoms with Crippen molar-refractivity contribution in [1.82, 2.24) is 0 Å². The fourth-order valence-corrected chi connectivity index (χ4v) is 4.24. The van der Waals surface area contributed by atoms with E-state index in [0.717, 1.165) is 4.47 Å². The third-order valence-corrected chi connectivity index (χ3v) is 5.15. The molecule has 3 rings (SSSR count). The lowest BCUT2D eigenvalue weighted by molar-refractivity contribution is 1.50.